The summed E-state index contributed by atoms with van der Waals surface area (Å²) in [5.41, 5.74) is 0.129. The quantitative estimate of drug-likeness (QED) is 0.878. The van der Waals surface area contributed by atoms with Crippen LogP contribution in [0.2, 0.25) is 5.02 Å². The molecule has 0 aliphatic heterocycles. The minimum Gasteiger partial charge on any atom is -0.394 e. The van der Waals surface area contributed by atoms with E-state index in [1.165, 1.54) is 18.3 Å². The van der Waals surface area contributed by atoms with Crippen molar-refractivity contribution in [1.29, 1.82) is 0 Å². The molecule has 0 aliphatic carbocycles. The van der Waals surface area contributed by atoms with Gasteiger partial charge in [0.25, 0.3) is 5.91 Å². The third-order valence-electron chi connectivity index (χ3n) is 2.95. The minimum absolute atomic E-state index is 0.0290. The summed E-state index contributed by atoms with van der Waals surface area (Å²) in [4.78, 5) is 11.9. The molecule has 1 heterocycles. The second kappa shape index (κ2) is 6.64. The van der Waals surface area contributed by atoms with Gasteiger partial charge in [0.15, 0.2) is 11.5 Å². The summed E-state index contributed by atoms with van der Waals surface area (Å²) in [5.74, 6) is -1.12. The summed E-state index contributed by atoms with van der Waals surface area (Å²) in [6, 6.07) is 4.10. The molecule has 1 aromatic carbocycles. The number of rotatable bonds is 5. The molecular weight excluding hydrogens is 299 g/mol. The maximum atomic E-state index is 13.9. The lowest BCUT2D eigenvalue weighted by atomic mass is 10.2. The Morgan fingerprint density at radius 2 is 2.33 bits per heavy atom. The number of nitrogens with zero attached hydrogens (tertiary/aromatic N) is 3. The van der Waals surface area contributed by atoms with Crippen molar-refractivity contribution in [2.75, 3.05) is 6.61 Å². The first-order valence-electron chi connectivity index (χ1n) is 6.35. The van der Waals surface area contributed by atoms with Gasteiger partial charge in [-0.25, -0.2) is 9.07 Å². The van der Waals surface area contributed by atoms with E-state index in [1.54, 1.807) is 6.07 Å². The Kier molecular flexibility index (Phi) is 4.87. The van der Waals surface area contributed by atoms with Gasteiger partial charge in [-0.3, -0.25) is 4.79 Å². The van der Waals surface area contributed by atoms with Crippen LogP contribution in [0.1, 0.15) is 23.8 Å². The highest BCUT2D eigenvalue weighted by atomic mass is 35.5. The van der Waals surface area contributed by atoms with E-state index in [1.807, 2.05) is 6.92 Å². The van der Waals surface area contributed by atoms with Gasteiger partial charge < -0.3 is 10.4 Å². The van der Waals surface area contributed by atoms with Crippen molar-refractivity contribution in [3.8, 4) is 5.69 Å². The SMILES string of the molecule is CCC(CO)NC(=O)c1cn(-c2cccc(Cl)c2F)nn1. The number of hydrogen-bond acceptors (Lipinski definition) is 4. The molecule has 1 unspecified atom stereocenters. The van der Waals surface area contributed by atoms with Gasteiger partial charge in [0.05, 0.1) is 23.9 Å². The smallest absolute Gasteiger partial charge is 0.273 e. The van der Waals surface area contributed by atoms with Gasteiger partial charge in [-0.05, 0) is 18.6 Å². The molecule has 0 saturated heterocycles. The van der Waals surface area contributed by atoms with Crippen molar-refractivity contribution >= 4 is 17.5 Å². The molecule has 2 N–H and O–H groups in total. The molecular formula is C13H14ClFN4O2. The molecule has 2 rings (SSSR count). The molecule has 0 aliphatic rings. The fourth-order valence-electron chi connectivity index (χ4n) is 1.69. The Balaban J connectivity index is 2.22. The van der Waals surface area contributed by atoms with Gasteiger partial charge in [0.1, 0.15) is 5.69 Å². The highest BCUT2D eigenvalue weighted by Crippen LogP contribution is 2.20. The lowest BCUT2D eigenvalue weighted by molar-refractivity contribution is 0.0910. The lowest BCUT2D eigenvalue weighted by Gasteiger charge is -2.12. The Hall–Kier alpha value is -1.99. The van der Waals surface area contributed by atoms with Crippen molar-refractivity contribution in [1.82, 2.24) is 20.3 Å². The summed E-state index contributed by atoms with van der Waals surface area (Å²) in [7, 11) is 0. The van der Waals surface area contributed by atoms with Crippen molar-refractivity contribution in [2.24, 2.45) is 0 Å². The van der Waals surface area contributed by atoms with Crippen LogP contribution in [0.25, 0.3) is 5.69 Å². The fraction of sp³-hybridized carbons (Fsp3) is 0.308. The predicted molar refractivity (Wildman–Crippen MR) is 75.0 cm³/mol. The van der Waals surface area contributed by atoms with E-state index in [0.717, 1.165) is 4.68 Å². The molecule has 6 nitrogen and oxygen atoms in total. The average molecular weight is 313 g/mol. The number of aliphatic hydroxyl groups is 1. The normalized spacial score (nSPS) is 12.2. The monoisotopic (exact) mass is 312 g/mol. The zero-order valence-corrected chi connectivity index (χ0v) is 12.0. The number of carbonyl (C=O) groups is 1. The zero-order chi connectivity index (χ0) is 15.4. The van der Waals surface area contributed by atoms with E-state index in [4.69, 9.17) is 16.7 Å². The highest BCUT2D eigenvalue weighted by Gasteiger charge is 2.16. The molecule has 21 heavy (non-hydrogen) atoms. The Labute approximate surface area is 125 Å². The highest BCUT2D eigenvalue weighted by molar-refractivity contribution is 6.30. The second-order valence-corrected chi connectivity index (χ2v) is 4.79. The standard InChI is InChI=1S/C13H14ClFN4O2/c1-2-8(7-20)16-13(21)10-6-19(18-17-10)11-5-3-4-9(14)12(11)15/h3-6,8,20H,2,7H2,1H3,(H,16,21). The van der Waals surface area contributed by atoms with E-state index in [9.17, 15) is 9.18 Å². The maximum absolute atomic E-state index is 13.9. The summed E-state index contributed by atoms with van der Waals surface area (Å²) in [6.45, 7) is 1.67. The number of aliphatic hydroxyl groups excluding tert-OH is 1. The fourth-order valence-corrected chi connectivity index (χ4v) is 1.86. The maximum Gasteiger partial charge on any atom is 0.273 e. The number of carbonyl (C=O) groups excluding carboxylic acids is 1. The van der Waals surface area contributed by atoms with Crippen LogP contribution >= 0.6 is 11.6 Å². The van der Waals surface area contributed by atoms with Crippen LogP contribution in [-0.4, -0.2) is 38.7 Å². The number of aromatic nitrogens is 3. The zero-order valence-electron chi connectivity index (χ0n) is 11.3. The predicted octanol–water partition coefficient (Wildman–Crippen LogP) is 1.56. The second-order valence-electron chi connectivity index (χ2n) is 4.38. The molecule has 8 heteroatoms. The molecule has 1 atom stereocenters. The third-order valence-corrected chi connectivity index (χ3v) is 3.24. The topological polar surface area (TPSA) is 80.0 Å². The van der Waals surface area contributed by atoms with E-state index in [2.05, 4.69) is 15.6 Å². The van der Waals surface area contributed by atoms with E-state index in [0.29, 0.717) is 6.42 Å². The van der Waals surface area contributed by atoms with Crippen LogP contribution in [-0.2, 0) is 0 Å². The van der Waals surface area contributed by atoms with Crippen LogP contribution in [0.5, 0.6) is 0 Å². The minimum atomic E-state index is -0.641. The molecule has 1 amide bonds. The van der Waals surface area contributed by atoms with Gasteiger partial charge >= 0.3 is 0 Å². The molecule has 1 aromatic heterocycles. The summed E-state index contributed by atoms with van der Waals surface area (Å²) < 4.78 is 15.0. The number of hydrogen-bond donors (Lipinski definition) is 2. The number of halogens is 2. The molecule has 0 saturated carbocycles. The van der Waals surface area contributed by atoms with Crippen LogP contribution < -0.4 is 5.32 Å². The van der Waals surface area contributed by atoms with Crippen LogP contribution in [0, 0.1) is 5.82 Å². The van der Waals surface area contributed by atoms with Crippen LogP contribution in [0.15, 0.2) is 24.4 Å². The summed E-state index contributed by atoms with van der Waals surface area (Å²) >= 11 is 5.70. The van der Waals surface area contributed by atoms with E-state index < -0.39 is 11.7 Å². The average Bonchev–Trinajstić information content (AvgIpc) is 2.97. The molecule has 2 aromatic rings. The van der Waals surface area contributed by atoms with Gasteiger partial charge in [0, 0.05) is 0 Å². The Morgan fingerprint density at radius 1 is 1.57 bits per heavy atom. The first-order valence-corrected chi connectivity index (χ1v) is 6.73. The summed E-state index contributed by atoms with van der Waals surface area (Å²) in [6.07, 6.45) is 1.88. The Bertz CT molecular complexity index is 643. The van der Waals surface area contributed by atoms with E-state index in [-0.39, 0.29) is 29.1 Å². The number of benzene rings is 1. The van der Waals surface area contributed by atoms with Crippen molar-refractivity contribution in [2.45, 2.75) is 19.4 Å². The molecule has 0 bridgehead atoms. The first kappa shape index (κ1) is 15.4. The van der Waals surface area contributed by atoms with Gasteiger partial charge in [-0.2, -0.15) is 0 Å². The Morgan fingerprint density at radius 3 is 3.00 bits per heavy atom. The largest absolute Gasteiger partial charge is 0.394 e. The molecule has 0 fully saturated rings. The number of amides is 1. The molecule has 0 radical (unpaired) electrons. The van der Waals surface area contributed by atoms with Gasteiger partial charge in [0.2, 0.25) is 0 Å². The van der Waals surface area contributed by atoms with Crippen molar-refractivity contribution < 1.29 is 14.3 Å². The van der Waals surface area contributed by atoms with Crippen LogP contribution in [0.4, 0.5) is 4.39 Å². The molecule has 0 spiro atoms. The molecule has 112 valence electrons. The lowest BCUT2D eigenvalue weighted by Crippen LogP contribution is -2.37. The van der Waals surface area contributed by atoms with E-state index >= 15 is 0 Å². The summed E-state index contributed by atoms with van der Waals surface area (Å²) in [5, 5.41) is 19.0. The van der Waals surface area contributed by atoms with Gasteiger partial charge in [-0.1, -0.05) is 29.8 Å². The third kappa shape index (κ3) is 3.37. The van der Waals surface area contributed by atoms with Gasteiger partial charge in [-0.15, -0.1) is 5.10 Å². The van der Waals surface area contributed by atoms with Crippen LogP contribution in [0.3, 0.4) is 0 Å². The number of nitrogens with one attached hydrogen (secondary N) is 1. The first-order chi connectivity index (χ1) is 10.1. The van der Waals surface area contributed by atoms with Crippen molar-refractivity contribution in [3.63, 3.8) is 0 Å². The van der Waals surface area contributed by atoms with Crippen molar-refractivity contribution in [3.05, 3.63) is 40.9 Å².